The highest BCUT2D eigenvalue weighted by molar-refractivity contribution is 6.14. The Labute approximate surface area is 149 Å². The summed E-state index contributed by atoms with van der Waals surface area (Å²) in [5.41, 5.74) is 1.01. The highest BCUT2D eigenvalue weighted by Crippen LogP contribution is 2.10. The number of allylic oxidation sites excluding steroid dienone is 1. The maximum atomic E-state index is 12.1. The minimum absolute atomic E-state index is 0.257. The van der Waals surface area contributed by atoms with Crippen molar-refractivity contribution in [3.8, 4) is 6.07 Å². The van der Waals surface area contributed by atoms with Crippen molar-refractivity contribution in [2.24, 2.45) is 5.92 Å². The van der Waals surface area contributed by atoms with Crippen LogP contribution in [-0.2, 0) is 14.3 Å². The maximum absolute atomic E-state index is 12.1. The van der Waals surface area contributed by atoms with E-state index in [1.807, 2.05) is 0 Å². The maximum Gasteiger partial charge on any atom is 0.337 e. The summed E-state index contributed by atoms with van der Waals surface area (Å²) in [6.45, 7) is 0. The van der Waals surface area contributed by atoms with Crippen molar-refractivity contribution in [1.29, 1.82) is 5.26 Å². The van der Waals surface area contributed by atoms with Crippen LogP contribution in [-0.4, -0.2) is 29.8 Å². The number of carbonyl (C=O) groups is 3. The lowest BCUT2D eigenvalue weighted by Gasteiger charge is -2.06. The van der Waals surface area contributed by atoms with Crippen LogP contribution in [0.4, 0.5) is 5.82 Å². The smallest absolute Gasteiger partial charge is 0.337 e. The van der Waals surface area contributed by atoms with Crippen LogP contribution in [0, 0.1) is 17.2 Å². The van der Waals surface area contributed by atoms with Crippen LogP contribution in [0.5, 0.6) is 0 Å². The Morgan fingerprint density at radius 2 is 1.92 bits per heavy atom. The Bertz CT molecular complexity index is 868. The van der Waals surface area contributed by atoms with Crippen LogP contribution < -0.4 is 5.32 Å². The van der Waals surface area contributed by atoms with E-state index < -0.39 is 23.6 Å². The lowest BCUT2D eigenvalue weighted by Crippen LogP contribution is -2.27. The molecule has 0 aliphatic carbocycles. The minimum Gasteiger partial charge on any atom is -0.465 e. The van der Waals surface area contributed by atoms with Crippen LogP contribution in [0.15, 0.2) is 54.7 Å². The number of carbonyl (C=O) groups excluding carboxylic acids is 3. The lowest BCUT2D eigenvalue weighted by atomic mass is 10.0. The molecule has 0 unspecified atom stereocenters. The van der Waals surface area contributed by atoms with Gasteiger partial charge >= 0.3 is 5.97 Å². The molecule has 1 aromatic carbocycles. The number of nitrogens with zero attached hydrogens (tertiary/aromatic N) is 2. The summed E-state index contributed by atoms with van der Waals surface area (Å²) in [5, 5.41) is 11.5. The molecule has 1 N–H and O–H groups in total. The van der Waals surface area contributed by atoms with E-state index in [0.717, 1.165) is 6.08 Å². The third-order valence-electron chi connectivity index (χ3n) is 3.36. The SMILES string of the molecule is COC(=O)c1ccc(/C=C\C(=O)[C@@H](C#N)C(=O)Nc2ccccn2)cc1. The summed E-state index contributed by atoms with van der Waals surface area (Å²) >= 11 is 0. The van der Waals surface area contributed by atoms with Crippen LogP contribution >= 0.6 is 0 Å². The molecule has 0 aliphatic heterocycles. The standard InChI is InChI=1S/C19H15N3O4/c1-26-19(25)14-8-5-13(6-9-14)7-10-16(23)15(12-20)18(24)22-17-4-2-3-11-21-17/h2-11,15H,1H3,(H,21,22,24)/b10-7-/t15-/m1/s1. The third kappa shape index (κ3) is 4.85. The number of benzene rings is 1. The molecule has 1 aromatic heterocycles. The Hall–Kier alpha value is -3.79. The van der Waals surface area contributed by atoms with E-state index in [4.69, 9.17) is 5.26 Å². The first kappa shape index (κ1) is 18.5. The zero-order chi connectivity index (χ0) is 18.9. The monoisotopic (exact) mass is 349 g/mol. The van der Waals surface area contributed by atoms with Gasteiger partial charge < -0.3 is 10.1 Å². The van der Waals surface area contributed by atoms with Gasteiger partial charge in [0.25, 0.3) is 5.91 Å². The van der Waals surface area contributed by atoms with Gasteiger partial charge in [-0.25, -0.2) is 9.78 Å². The van der Waals surface area contributed by atoms with Crippen molar-refractivity contribution >= 4 is 29.6 Å². The molecule has 0 spiro atoms. The number of rotatable bonds is 6. The number of ether oxygens (including phenoxy) is 1. The fraction of sp³-hybridized carbons (Fsp3) is 0.105. The second-order valence-corrected chi connectivity index (χ2v) is 5.12. The summed E-state index contributed by atoms with van der Waals surface area (Å²) in [7, 11) is 1.28. The van der Waals surface area contributed by atoms with Gasteiger partial charge in [0.15, 0.2) is 11.7 Å². The summed E-state index contributed by atoms with van der Waals surface area (Å²) in [5.74, 6) is -3.09. The number of methoxy groups -OCH3 is 1. The van der Waals surface area contributed by atoms with Crippen molar-refractivity contribution in [2.45, 2.75) is 0 Å². The first-order chi connectivity index (χ1) is 12.5. The largest absolute Gasteiger partial charge is 0.465 e. The first-order valence-corrected chi connectivity index (χ1v) is 7.57. The summed E-state index contributed by atoms with van der Waals surface area (Å²) in [4.78, 5) is 39.5. The van der Waals surface area contributed by atoms with E-state index in [1.165, 1.54) is 19.4 Å². The van der Waals surface area contributed by atoms with E-state index >= 15 is 0 Å². The molecule has 26 heavy (non-hydrogen) atoms. The molecule has 1 amide bonds. The van der Waals surface area contributed by atoms with E-state index in [2.05, 4.69) is 15.0 Å². The van der Waals surface area contributed by atoms with Crippen LogP contribution in [0.2, 0.25) is 0 Å². The van der Waals surface area contributed by atoms with Gasteiger partial charge in [0.2, 0.25) is 0 Å². The predicted octanol–water partition coefficient (Wildman–Crippen LogP) is 2.23. The zero-order valence-electron chi connectivity index (χ0n) is 13.9. The van der Waals surface area contributed by atoms with E-state index in [-0.39, 0.29) is 5.82 Å². The van der Waals surface area contributed by atoms with Gasteiger partial charge in [0.05, 0.1) is 18.7 Å². The Kier molecular flexibility index (Phi) is 6.34. The fourth-order valence-electron chi connectivity index (χ4n) is 2.01. The van der Waals surface area contributed by atoms with Crippen molar-refractivity contribution in [3.05, 3.63) is 65.9 Å². The van der Waals surface area contributed by atoms with Gasteiger partial charge in [-0.2, -0.15) is 5.26 Å². The average Bonchev–Trinajstić information content (AvgIpc) is 2.67. The second-order valence-electron chi connectivity index (χ2n) is 5.12. The molecule has 0 bridgehead atoms. The van der Waals surface area contributed by atoms with Gasteiger partial charge in [-0.05, 0) is 35.9 Å². The summed E-state index contributed by atoms with van der Waals surface area (Å²) in [6, 6.07) is 12.9. The third-order valence-corrected chi connectivity index (χ3v) is 3.36. The van der Waals surface area contributed by atoms with Crippen LogP contribution in [0.3, 0.4) is 0 Å². The fourth-order valence-corrected chi connectivity index (χ4v) is 2.01. The Morgan fingerprint density at radius 3 is 2.50 bits per heavy atom. The van der Waals surface area contributed by atoms with E-state index in [1.54, 1.807) is 48.5 Å². The van der Waals surface area contributed by atoms with Crippen molar-refractivity contribution < 1.29 is 19.1 Å². The molecule has 7 heteroatoms. The van der Waals surface area contributed by atoms with Crippen molar-refractivity contribution in [3.63, 3.8) is 0 Å². The first-order valence-electron chi connectivity index (χ1n) is 7.57. The van der Waals surface area contributed by atoms with Gasteiger partial charge in [0.1, 0.15) is 5.82 Å². The lowest BCUT2D eigenvalue weighted by molar-refractivity contribution is -0.126. The Morgan fingerprint density at radius 1 is 1.19 bits per heavy atom. The van der Waals surface area contributed by atoms with Gasteiger partial charge in [-0.15, -0.1) is 0 Å². The molecule has 1 atom stereocenters. The number of anilines is 1. The number of ketones is 1. The van der Waals surface area contributed by atoms with Gasteiger partial charge in [0, 0.05) is 6.20 Å². The average molecular weight is 349 g/mol. The molecule has 7 nitrogen and oxygen atoms in total. The Balaban J connectivity index is 2.04. The topological polar surface area (TPSA) is 109 Å². The normalized spacial score (nSPS) is 11.4. The van der Waals surface area contributed by atoms with Crippen molar-refractivity contribution in [2.75, 3.05) is 12.4 Å². The molecule has 2 aromatic rings. The van der Waals surface area contributed by atoms with Crippen molar-refractivity contribution in [1.82, 2.24) is 4.98 Å². The number of aromatic nitrogens is 1. The highest BCUT2D eigenvalue weighted by atomic mass is 16.5. The second kappa shape index (κ2) is 8.89. The van der Waals surface area contributed by atoms with Gasteiger partial charge in [-0.1, -0.05) is 24.3 Å². The molecule has 2 rings (SSSR count). The van der Waals surface area contributed by atoms with Crippen LogP contribution in [0.25, 0.3) is 6.08 Å². The highest BCUT2D eigenvalue weighted by Gasteiger charge is 2.24. The molecule has 0 radical (unpaired) electrons. The molecule has 0 aliphatic rings. The molecule has 0 saturated carbocycles. The molecular weight excluding hydrogens is 334 g/mol. The van der Waals surface area contributed by atoms with E-state index in [0.29, 0.717) is 11.1 Å². The molecule has 130 valence electrons. The molecule has 0 saturated heterocycles. The number of pyridine rings is 1. The van der Waals surface area contributed by atoms with E-state index in [9.17, 15) is 14.4 Å². The number of esters is 1. The zero-order valence-corrected chi connectivity index (χ0v) is 13.9. The number of hydrogen-bond acceptors (Lipinski definition) is 6. The number of amides is 1. The van der Waals surface area contributed by atoms with Gasteiger partial charge in [-0.3, -0.25) is 9.59 Å². The van der Waals surface area contributed by atoms with Crippen LogP contribution in [0.1, 0.15) is 15.9 Å². The number of nitriles is 1. The predicted molar refractivity (Wildman–Crippen MR) is 93.8 cm³/mol. The number of hydrogen-bond donors (Lipinski definition) is 1. The summed E-state index contributed by atoms with van der Waals surface area (Å²) < 4.78 is 4.60. The quantitative estimate of drug-likeness (QED) is 0.486. The minimum atomic E-state index is -1.48. The molecule has 1 heterocycles. The summed E-state index contributed by atoms with van der Waals surface area (Å²) in [6.07, 6.45) is 4.09. The molecule has 0 fully saturated rings. The molecular formula is C19H15N3O4. The number of nitrogens with one attached hydrogen (secondary N) is 1.